The Kier molecular flexibility index (Phi) is 6.27. The zero-order valence-electron chi connectivity index (χ0n) is 18.1. The molecule has 154 valence electrons. The maximum absolute atomic E-state index is 5.86. The van der Waals surface area contributed by atoms with Gasteiger partial charge in [0.25, 0.3) is 0 Å². The molecule has 1 fully saturated rings. The lowest BCUT2D eigenvalue weighted by Gasteiger charge is -2.35. The van der Waals surface area contributed by atoms with Gasteiger partial charge in [-0.3, -0.25) is 4.99 Å². The normalized spacial score (nSPS) is 20.8. The van der Waals surface area contributed by atoms with E-state index in [2.05, 4.69) is 40.5 Å². The molecule has 2 atom stereocenters. The van der Waals surface area contributed by atoms with Crippen LogP contribution in [0.15, 0.2) is 34.4 Å². The number of nitrogens with zero attached hydrogens (tertiary/aromatic N) is 5. The maximum atomic E-state index is 5.86. The fourth-order valence-electron chi connectivity index (χ4n) is 3.63. The predicted molar refractivity (Wildman–Crippen MR) is 116 cm³/mol. The molecule has 0 N–H and O–H groups in total. The molecule has 7 nitrogen and oxygen atoms in total. The van der Waals surface area contributed by atoms with Crippen LogP contribution in [0.3, 0.4) is 0 Å². The van der Waals surface area contributed by atoms with Crippen LogP contribution in [0.4, 0.5) is 5.95 Å². The van der Waals surface area contributed by atoms with Crippen molar-refractivity contribution in [3.63, 3.8) is 0 Å². The Morgan fingerprint density at radius 3 is 2.52 bits per heavy atom. The molecule has 0 saturated carbocycles. The standard InChI is InChI=1S/C22H29N5O2/c1-8-18(9-13(2)23-7)19-10-24-22(27-11-14(3)28-15(4)12-27)25-21(19)20-16(5)26-29-17(20)6/h8-10,14-15H,1,11-12H2,2-7H3/b18-9+,23-13-. The lowest BCUT2D eigenvalue weighted by Crippen LogP contribution is -2.46. The van der Waals surface area contributed by atoms with E-state index in [1.54, 1.807) is 13.1 Å². The molecule has 0 aliphatic carbocycles. The van der Waals surface area contributed by atoms with Gasteiger partial charge in [0, 0.05) is 37.6 Å². The minimum Gasteiger partial charge on any atom is -0.372 e. The summed E-state index contributed by atoms with van der Waals surface area (Å²) in [4.78, 5) is 16.0. The molecule has 0 amide bonds. The van der Waals surface area contributed by atoms with Crippen molar-refractivity contribution in [2.75, 3.05) is 25.0 Å². The Hall–Kier alpha value is -2.80. The van der Waals surface area contributed by atoms with Gasteiger partial charge in [-0.25, -0.2) is 9.97 Å². The summed E-state index contributed by atoms with van der Waals surface area (Å²) in [5, 5.41) is 4.12. The van der Waals surface area contributed by atoms with Crippen molar-refractivity contribution in [3.8, 4) is 11.3 Å². The number of aromatic nitrogens is 3. The minimum atomic E-state index is 0.122. The number of anilines is 1. The molecule has 3 heterocycles. The van der Waals surface area contributed by atoms with Gasteiger partial charge in [-0.1, -0.05) is 17.8 Å². The fourth-order valence-corrected chi connectivity index (χ4v) is 3.63. The summed E-state index contributed by atoms with van der Waals surface area (Å²) in [6.45, 7) is 15.4. The highest BCUT2D eigenvalue weighted by Gasteiger charge is 2.26. The number of morpholine rings is 1. The Bertz CT molecular complexity index is 931. The first-order chi connectivity index (χ1) is 13.8. The van der Waals surface area contributed by atoms with E-state index in [1.165, 1.54) is 0 Å². The van der Waals surface area contributed by atoms with Crippen LogP contribution in [0.2, 0.25) is 0 Å². The lowest BCUT2D eigenvalue weighted by atomic mass is 9.98. The smallest absolute Gasteiger partial charge is 0.226 e. The third kappa shape index (κ3) is 4.45. The third-order valence-corrected chi connectivity index (χ3v) is 5.00. The number of aliphatic imine (C=N–C) groups is 1. The molecule has 1 aliphatic heterocycles. The van der Waals surface area contributed by atoms with E-state index in [4.69, 9.17) is 14.2 Å². The van der Waals surface area contributed by atoms with Crippen LogP contribution in [0.5, 0.6) is 0 Å². The van der Waals surface area contributed by atoms with E-state index in [1.807, 2.05) is 33.0 Å². The van der Waals surface area contributed by atoms with E-state index >= 15 is 0 Å². The fraction of sp³-hybridized carbons (Fsp3) is 0.455. The zero-order valence-corrected chi connectivity index (χ0v) is 18.1. The Balaban J connectivity index is 2.17. The second kappa shape index (κ2) is 8.69. The molecule has 0 aromatic carbocycles. The first kappa shape index (κ1) is 20.9. The van der Waals surface area contributed by atoms with Crippen LogP contribution < -0.4 is 4.90 Å². The average molecular weight is 396 g/mol. The predicted octanol–water partition coefficient (Wildman–Crippen LogP) is 4.02. The number of allylic oxidation sites excluding steroid dienone is 3. The lowest BCUT2D eigenvalue weighted by molar-refractivity contribution is -0.00571. The number of hydrogen-bond acceptors (Lipinski definition) is 7. The first-order valence-corrected chi connectivity index (χ1v) is 9.82. The first-order valence-electron chi connectivity index (χ1n) is 9.82. The van der Waals surface area contributed by atoms with Crippen LogP contribution in [-0.4, -0.2) is 53.2 Å². The highest BCUT2D eigenvalue weighted by atomic mass is 16.5. The number of aryl methyl sites for hydroxylation is 2. The summed E-state index contributed by atoms with van der Waals surface area (Å²) in [5.41, 5.74) is 5.13. The maximum Gasteiger partial charge on any atom is 0.226 e. The number of hydrogen-bond donors (Lipinski definition) is 0. The molecular weight excluding hydrogens is 366 g/mol. The van der Waals surface area contributed by atoms with E-state index in [0.717, 1.165) is 52.6 Å². The Morgan fingerprint density at radius 1 is 1.28 bits per heavy atom. The molecule has 7 heteroatoms. The average Bonchev–Trinajstić information content (AvgIpc) is 3.03. The molecule has 1 saturated heterocycles. The van der Waals surface area contributed by atoms with Crippen molar-refractivity contribution in [2.45, 2.75) is 46.8 Å². The van der Waals surface area contributed by atoms with E-state index in [-0.39, 0.29) is 12.2 Å². The minimum absolute atomic E-state index is 0.122. The van der Waals surface area contributed by atoms with Crippen LogP contribution >= 0.6 is 0 Å². The van der Waals surface area contributed by atoms with Crippen LogP contribution in [0.25, 0.3) is 16.8 Å². The van der Waals surface area contributed by atoms with Gasteiger partial charge < -0.3 is 14.2 Å². The molecule has 2 aromatic rings. The quantitative estimate of drug-likeness (QED) is 0.562. The third-order valence-electron chi connectivity index (χ3n) is 5.00. The molecule has 2 unspecified atom stereocenters. The van der Waals surface area contributed by atoms with Crippen molar-refractivity contribution in [2.24, 2.45) is 4.99 Å². The van der Waals surface area contributed by atoms with Crippen LogP contribution in [-0.2, 0) is 4.74 Å². The SMILES string of the molecule is C=C/C(=C\C(C)=N/C)c1cnc(N2CC(C)OC(C)C2)nc1-c1c(C)noc1C. The summed E-state index contributed by atoms with van der Waals surface area (Å²) in [6, 6.07) is 0. The van der Waals surface area contributed by atoms with Crippen molar-refractivity contribution in [3.05, 3.63) is 41.9 Å². The van der Waals surface area contributed by atoms with Gasteiger partial charge in [0.1, 0.15) is 5.76 Å². The molecular formula is C22H29N5O2. The highest BCUT2D eigenvalue weighted by Crippen LogP contribution is 2.33. The van der Waals surface area contributed by atoms with Gasteiger partial charge in [-0.05, 0) is 46.3 Å². The second-order valence-electron chi connectivity index (χ2n) is 7.46. The van der Waals surface area contributed by atoms with E-state index < -0.39 is 0 Å². The van der Waals surface area contributed by atoms with Crippen molar-refractivity contribution in [1.82, 2.24) is 15.1 Å². The van der Waals surface area contributed by atoms with Gasteiger partial charge in [-0.2, -0.15) is 0 Å². The van der Waals surface area contributed by atoms with E-state index in [0.29, 0.717) is 5.95 Å². The van der Waals surface area contributed by atoms with Crippen LogP contribution in [0, 0.1) is 13.8 Å². The molecule has 29 heavy (non-hydrogen) atoms. The molecule has 0 bridgehead atoms. The van der Waals surface area contributed by atoms with Gasteiger partial charge >= 0.3 is 0 Å². The van der Waals surface area contributed by atoms with Crippen molar-refractivity contribution < 1.29 is 9.26 Å². The van der Waals surface area contributed by atoms with Gasteiger partial charge in [0.15, 0.2) is 0 Å². The summed E-state index contributed by atoms with van der Waals surface area (Å²) < 4.78 is 11.3. The monoisotopic (exact) mass is 395 g/mol. The molecule has 0 radical (unpaired) electrons. The molecule has 2 aromatic heterocycles. The van der Waals surface area contributed by atoms with Gasteiger partial charge in [-0.15, -0.1) is 0 Å². The topological polar surface area (TPSA) is 76.6 Å². The Labute approximate surface area is 172 Å². The summed E-state index contributed by atoms with van der Waals surface area (Å²) in [6.07, 6.45) is 5.87. The summed E-state index contributed by atoms with van der Waals surface area (Å²) in [5.74, 6) is 1.40. The highest BCUT2D eigenvalue weighted by molar-refractivity contribution is 6.02. The number of ether oxygens (including phenoxy) is 1. The van der Waals surface area contributed by atoms with Crippen LogP contribution in [0.1, 0.15) is 37.8 Å². The van der Waals surface area contributed by atoms with Crippen molar-refractivity contribution >= 4 is 17.2 Å². The molecule has 0 spiro atoms. The zero-order chi connectivity index (χ0) is 21.1. The largest absolute Gasteiger partial charge is 0.372 e. The Morgan fingerprint density at radius 2 is 1.97 bits per heavy atom. The summed E-state index contributed by atoms with van der Waals surface area (Å²) in [7, 11) is 1.77. The molecule has 1 aliphatic rings. The number of rotatable bonds is 5. The van der Waals surface area contributed by atoms with E-state index in [9.17, 15) is 0 Å². The summed E-state index contributed by atoms with van der Waals surface area (Å²) >= 11 is 0. The van der Waals surface area contributed by atoms with Gasteiger partial charge in [0.05, 0.1) is 29.2 Å². The second-order valence-corrected chi connectivity index (χ2v) is 7.46. The molecule has 3 rings (SSSR count). The van der Waals surface area contributed by atoms with Gasteiger partial charge in [0.2, 0.25) is 5.95 Å². The van der Waals surface area contributed by atoms with Crippen molar-refractivity contribution in [1.29, 1.82) is 0 Å².